The van der Waals surface area contributed by atoms with E-state index in [4.69, 9.17) is 4.74 Å². The van der Waals surface area contributed by atoms with E-state index in [0.717, 1.165) is 24.4 Å². The average molecular weight is 348 g/mol. The van der Waals surface area contributed by atoms with E-state index in [9.17, 15) is 4.79 Å². The Balaban J connectivity index is 1.55. The number of benzene rings is 2. The molecule has 2 aromatic carbocycles. The number of likely N-dealkylation sites (tertiary alicyclic amines) is 1. The number of rotatable bonds is 4. The minimum atomic E-state index is -0.0776. The molecular weight excluding hydrogens is 328 g/mol. The Morgan fingerprint density at radius 3 is 2.73 bits per heavy atom. The van der Waals surface area contributed by atoms with Crippen LogP contribution in [0.4, 0.5) is 0 Å². The van der Waals surface area contributed by atoms with Gasteiger partial charge >= 0.3 is 0 Å². The first-order valence-electron chi connectivity index (χ1n) is 8.73. The Kier molecular flexibility index (Phi) is 4.39. The molecule has 2 heterocycles. The monoisotopic (exact) mass is 348 g/mol. The van der Waals surface area contributed by atoms with Crippen molar-refractivity contribution in [2.45, 2.75) is 25.8 Å². The number of aryl methyl sites for hydroxylation is 1. The van der Waals surface area contributed by atoms with E-state index in [1.54, 1.807) is 6.07 Å². The summed E-state index contributed by atoms with van der Waals surface area (Å²) in [5.41, 5.74) is 0.609. The maximum absolute atomic E-state index is 13.0. The van der Waals surface area contributed by atoms with Crippen molar-refractivity contribution < 1.29 is 9.53 Å². The third kappa shape index (κ3) is 3.31. The van der Waals surface area contributed by atoms with E-state index in [0.29, 0.717) is 23.7 Å². The van der Waals surface area contributed by atoms with Crippen LogP contribution < -0.4 is 4.74 Å². The molecule has 4 rings (SSSR count). The van der Waals surface area contributed by atoms with Crippen molar-refractivity contribution in [3.63, 3.8) is 0 Å². The van der Waals surface area contributed by atoms with Crippen molar-refractivity contribution in [1.82, 2.24) is 20.1 Å². The maximum Gasteiger partial charge on any atom is 0.254 e. The van der Waals surface area contributed by atoms with Gasteiger partial charge in [0.05, 0.1) is 6.04 Å². The second-order valence-electron chi connectivity index (χ2n) is 6.38. The lowest BCUT2D eigenvalue weighted by Crippen LogP contribution is -2.31. The Bertz CT molecular complexity index is 907. The zero-order valence-corrected chi connectivity index (χ0v) is 14.6. The smallest absolute Gasteiger partial charge is 0.254 e. The van der Waals surface area contributed by atoms with Gasteiger partial charge in [-0.2, -0.15) is 5.10 Å². The summed E-state index contributed by atoms with van der Waals surface area (Å²) in [5.74, 6) is 2.81. The van der Waals surface area contributed by atoms with E-state index in [-0.39, 0.29) is 11.9 Å². The van der Waals surface area contributed by atoms with E-state index < -0.39 is 0 Å². The van der Waals surface area contributed by atoms with Gasteiger partial charge in [0.15, 0.2) is 5.82 Å². The quantitative estimate of drug-likeness (QED) is 0.777. The number of nitrogens with zero attached hydrogens (tertiary/aromatic N) is 3. The minimum Gasteiger partial charge on any atom is -0.457 e. The number of nitrogens with one attached hydrogen (secondary N) is 1. The highest BCUT2D eigenvalue weighted by atomic mass is 16.5. The summed E-state index contributed by atoms with van der Waals surface area (Å²) in [6.07, 6.45) is 1.83. The lowest BCUT2D eigenvalue weighted by Gasteiger charge is -2.22. The highest BCUT2D eigenvalue weighted by Crippen LogP contribution is 2.32. The molecular formula is C20H20N4O2. The predicted molar refractivity (Wildman–Crippen MR) is 97.1 cm³/mol. The summed E-state index contributed by atoms with van der Waals surface area (Å²) in [5, 5.41) is 7.10. The molecule has 1 aliphatic heterocycles. The molecule has 0 aliphatic carbocycles. The fraction of sp³-hybridized carbons (Fsp3) is 0.250. The predicted octanol–water partition coefficient (Wildman–Crippen LogP) is 3.88. The Labute approximate surface area is 151 Å². The van der Waals surface area contributed by atoms with Crippen molar-refractivity contribution in [1.29, 1.82) is 0 Å². The summed E-state index contributed by atoms with van der Waals surface area (Å²) in [4.78, 5) is 19.3. The number of para-hydroxylation sites is 1. The standard InChI is InChI=1S/C20H20N4O2/c1-14-21-19(23-22-14)18-11-6-12-24(18)20(25)15-7-5-10-17(13-15)26-16-8-3-2-4-9-16/h2-5,7-10,13,18H,6,11-12H2,1H3,(H,21,22,23)/t18-/m1/s1. The van der Waals surface area contributed by atoms with Crippen LogP contribution in [-0.4, -0.2) is 32.5 Å². The molecule has 132 valence electrons. The van der Waals surface area contributed by atoms with Gasteiger partial charge in [-0.1, -0.05) is 24.3 Å². The average Bonchev–Trinajstić information content (AvgIpc) is 3.31. The fourth-order valence-electron chi connectivity index (χ4n) is 3.27. The van der Waals surface area contributed by atoms with Crippen LogP contribution >= 0.6 is 0 Å². The molecule has 6 nitrogen and oxygen atoms in total. The number of amides is 1. The third-order valence-corrected chi connectivity index (χ3v) is 4.49. The zero-order valence-electron chi connectivity index (χ0n) is 14.6. The van der Waals surface area contributed by atoms with E-state index in [1.807, 2.05) is 60.4 Å². The summed E-state index contributed by atoms with van der Waals surface area (Å²) >= 11 is 0. The Hall–Kier alpha value is -3.15. The van der Waals surface area contributed by atoms with Gasteiger partial charge in [-0.15, -0.1) is 0 Å². The molecule has 0 spiro atoms. The van der Waals surface area contributed by atoms with Crippen LogP contribution in [0.1, 0.15) is 40.9 Å². The molecule has 6 heteroatoms. The number of H-pyrrole nitrogens is 1. The van der Waals surface area contributed by atoms with Gasteiger partial charge in [0, 0.05) is 12.1 Å². The van der Waals surface area contributed by atoms with Gasteiger partial charge < -0.3 is 9.64 Å². The maximum atomic E-state index is 13.0. The molecule has 26 heavy (non-hydrogen) atoms. The SMILES string of the molecule is Cc1nc([C@H]2CCCN2C(=O)c2cccc(Oc3ccccc3)c2)n[nH]1. The molecule has 1 saturated heterocycles. The largest absolute Gasteiger partial charge is 0.457 e. The van der Waals surface area contributed by atoms with Gasteiger partial charge in [0.2, 0.25) is 0 Å². The van der Waals surface area contributed by atoms with E-state index >= 15 is 0 Å². The number of carbonyl (C=O) groups excluding carboxylic acids is 1. The van der Waals surface area contributed by atoms with Crippen molar-refractivity contribution in [2.75, 3.05) is 6.54 Å². The van der Waals surface area contributed by atoms with Crippen LogP contribution in [0.5, 0.6) is 11.5 Å². The number of aromatic nitrogens is 3. The molecule has 0 radical (unpaired) electrons. The molecule has 0 unspecified atom stereocenters. The van der Waals surface area contributed by atoms with Gasteiger partial charge in [0.1, 0.15) is 17.3 Å². The zero-order chi connectivity index (χ0) is 17.9. The lowest BCUT2D eigenvalue weighted by molar-refractivity contribution is 0.0729. The van der Waals surface area contributed by atoms with Crippen LogP contribution in [0.3, 0.4) is 0 Å². The first-order chi connectivity index (χ1) is 12.7. The number of carbonyl (C=O) groups is 1. The molecule has 1 fully saturated rings. The number of ether oxygens (including phenoxy) is 1. The van der Waals surface area contributed by atoms with Gasteiger partial charge in [0.25, 0.3) is 5.91 Å². The van der Waals surface area contributed by atoms with Crippen molar-refractivity contribution >= 4 is 5.91 Å². The second kappa shape index (κ2) is 7.00. The summed E-state index contributed by atoms with van der Waals surface area (Å²) in [7, 11) is 0. The van der Waals surface area contributed by atoms with Crippen LogP contribution in [0, 0.1) is 6.92 Å². The first kappa shape index (κ1) is 16.3. The third-order valence-electron chi connectivity index (χ3n) is 4.49. The number of hydrogen-bond acceptors (Lipinski definition) is 4. The number of hydrogen-bond donors (Lipinski definition) is 1. The number of aromatic amines is 1. The minimum absolute atomic E-state index is 0.0199. The van der Waals surface area contributed by atoms with Crippen molar-refractivity contribution in [2.24, 2.45) is 0 Å². The van der Waals surface area contributed by atoms with E-state index in [1.165, 1.54) is 0 Å². The molecule has 1 atom stereocenters. The van der Waals surface area contributed by atoms with Gasteiger partial charge in [-0.3, -0.25) is 9.89 Å². The second-order valence-corrected chi connectivity index (χ2v) is 6.38. The lowest BCUT2D eigenvalue weighted by atomic mass is 10.1. The van der Waals surface area contributed by atoms with Crippen molar-refractivity contribution in [3.8, 4) is 11.5 Å². The molecule has 0 saturated carbocycles. The molecule has 1 N–H and O–H groups in total. The Morgan fingerprint density at radius 1 is 1.15 bits per heavy atom. The van der Waals surface area contributed by atoms with Gasteiger partial charge in [-0.05, 0) is 50.1 Å². The summed E-state index contributed by atoms with van der Waals surface area (Å²) in [6, 6.07) is 16.8. The molecule has 1 amide bonds. The Morgan fingerprint density at radius 2 is 1.96 bits per heavy atom. The highest BCUT2D eigenvalue weighted by molar-refractivity contribution is 5.95. The molecule has 1 aromatic heterocycles. The normalized spacial score (nSPS) is 16.7. The van der Waals surface area contributed by atoms with Gasteiger partial charge in [-0.25, -0.2) is 4.98 Å². The fourth-order valence-corrected chi connectivity index (χ4v) is 3.27. The summed E-state index contributed by atoms with van der Waals surface area (Å²) in [6.45, 7) is 2.57. The first-order valence-corrected chi connectivity index (χ1v) is 8.73. The molecule has 3 aromatic rings. The molecule has 1 aliphatic rings. The summed E-state index contributed by atoms with van der Waals surface area (Å²) < 4.78 is 5.85. The molecule has 0 bridgehead atoms. The topological polar surface area (TPSA) is 71.1 Å². The van der Waals surface area contributed by atoms with Crippen LogP contribution in [0.15, 0.2) is 54.6 Å². The van der Waals surface area contributed by atoms with Crippen LogP contribution in [-0.2, 0) is 0 Å². The van der Waals surface area contributed by atoms with Crippen LogP contribution in [0.2, 0.25) is 0 Å². The highest BCUT2D eigenvalue weighted by Gasteiger charge is 2.33. The van der Waals surface area contributed by atoms with Crippen molar-refractivity contribution in [3.05, 3.63) is 71.8 Å². The van der Waals surface area contributed by atoms with E-state index in [2.05, 4.69) is 15.2 Å². The van der Waals surface area contributed by atoms with Crippen LogP contribution in [0.25, 0.3) is 0 Å².